The number of nitrogens with two attached hydrogens (primary N) is 1. The van der Waals surface area contributed by atoms with Gasteiger partial charge in [-0.3, -0.25) is 4.57 Å². The second-order valence-electron chi connectivity index (χ2n) is 4.51. The van der Waals surface area contributed by atoms with E-state index >= 15 is 0 Å². The summed E-state index contributed by atoms with van der Waals surface area (Å²) in [4.78, 5) is 8.82. The molecule has 0 aromatic carbocycles. The maximum atomic E-state index is 6.04. The summed E-state index contributed by atoms with van der Waals surface area (Å²) in [7, 11) is 0. The van der Waals surface area contributed by atoms with Crippen LogP contribution in [0, 0.1) is 0 Å². The van der Waals surface area contributed by atoms with Gasteiger partial charge in [-0.05, 0) is 41.8 Å². The Bertz CT molecular complexity index is 543. The van der Waals surface area contributed by atoms with Crippen molar-refractivity contribution >= 4 is 33.0 Å². The zero-order chi connectivity index (χ0) is 12.6. The van der Waals surface area contributed by atoms with Crippen LogP contribution in [0.1, 0.15) is 33.6 Å². The van der Waals surface area contributed by atoms with Crippen LogP contribution in [0.3, 0.4) is 0 Å². The number of imidazole rings is 1. The van der Waals surface area contributed by atoms with Crippen LogP contribution in [0.15, 0.2) is 16.7 Å². The molecule has 0 bridgehead atoms. The third kappa shape index (κ3) is 1.92. The predicted molar refractivity (Wildman–Crippen MR) is 73.9 cm³/mol. The van der Waals surface area contributed by atoms with Crippen molar-refractivity contribution in [3.05, 3.63) is 16.7 Å². The molecule has 5 heteroatoms. The number of aromatic nitrogens is 3. The average Bonchev–Trinajstić information content (AvgIpc) is 2.64. The largest absolute Gasteiger partial charge is 0.369 e. The van der Waals surface area contributed by atoms with Gasteiger partial charge < -0.3 is 5.73 Å². The van der Waals surface area contributed by atoms with Crippen LogP contribution in [-0.2, 0) is 5.54 Å². The highest BCUT2D eigenvalue weighted by Gasteiger charge is 2.27. The Labute approximate surface area is 109 Å². The molecule has 17 heavy (non-hydrogen) atoms. The van der Waals surface area contributed by atoms with Gasteiger partial charge in [0.25, 0.3) is 0 Å². The lowest BCUT2D eigenvalue weighted by Gasteiger charge is -2.29. The summed E-state index contributed by atoms with van der Waals surface area (Å²) < 4.78 is 2.97. The van der Waals surface area contributed by atoms with Crippen LogP contribution in [0.5, 0.6) is 0 Å². The molecule has 2 heterocycles. The molecule has 92 valence electrons. The lowest BCUT2D eigenvalue weighted by atomic mass is 9.95. The minimum Gasteiger partial charge on any atom is -0.369 e. The summed E-state index contributed by atoms with van der Waals surface area (Å²) in [5, 5.41) is 0. The molecule has 0 radical (unpaired) electrons. The molecule has 0 aliphatic rings. The van der Waals surface area contributed by atoms with Crippen LogP contribution < -0.4 is 5.73 Å². The minimum atomic E-state index is -0.0281. The highest BCUT2D eigenvalue weighted by atomic mass is 79.9. The number of hydrogen-bond donors (Lipinski definition) is 1. The summed E-state index contributed by atoms with van der Waals surface area (Å²) in [5.41, 5.74) is 7.71. The van der Waals surface area contributed by atoms with E-state index in [1.807, 2.05) is 6.07 Å². The SMILES string of the molecule is CCC(C)(CC)n1c(N)nc2cc(Br)cnc21. The molecule has 0 spiro atoms. The van der Waals surface area contributed by atoms with Crippen molar-refractivity contribution in [1.82, 2.24) is 14.5 Å². The van der Waals surface area contributed by atoms with Crippen molar-refractivity contribution in [3.8, 4) is 0 Å². The zero-order valence-corrected chi connectivity index (χ0v) is 12.0. The highest BCUT2D eigenvalue weighted by Crippen LogP contribution is 2.31. The van der Waals surface area contributed by atoms with E-state index in [-0.39, 0.29) is 5.54 Å². The van der Waals surface area contributed by atoms with Gasteiger partial charge in [0.1, 0.15) is 5.52 Å². The molecule has 0 atom stereocenters. The summed E-state index contributed by atoms with van der Waals surface area (Å²) in [5.74, 6) is 0.539. The second kappa shape index (κ2) is 4.29. The standard InChI is InChI=1S/C12H17BrN4/c1-4-12(3,5-2)17-10-9(16-11(17)14)6-8(13)7-15-10/h6-7H,4-5H2,1-3H3,(H2,14,16). The van der Waals surface area contributed by atoms with Crippen LogP contribution in [0.4, 0.5) is 5.95 Å². The first kappa shape index (κ1) is 12.4. The quantitative estimate of drug-likeness (QED) is 0.945. The van der Waals surface area contributed by atoms with E-state index in [2.05, 4.69) is 51.2 Å². The predicted octanol–water partition coefficient (Wildman–Crippen LogP) is 3.31. The fraction of sp³-hybridized carbons (Fsp3) is 0.500. The Hall–Kier alpha value is -1.10. The molecule has 4 nitrogen and oxygen atoms in total. The van der Waals surface area contributed by atoms with E-state index in [9.17, 15) is 0 Å². The maximum absolute atomic E-state index is 6.04. The van der Waals surface area contributed by atoms with Gasteiger partial charge in [-0.1, -0.05) is 13.8 Å². The molecule has 0 amide bonds. The molecular weight excluding hydrogens is 280 g/mol. The summed E-state index contributed by atoms with van der Waals surface area (Å²) in [6, 6.07) is 1.95. The molecule has 2 N–H and O–H groups in total. The third-order valence-electron chi connectivity index (χ3n) is 3.55. The van der Waals surface area contributed by atoms with Crippen molar-refractivity contribution in [2.24, 2.45) is 0 Å². The van der Waals surface area contributed by atoms with Crippen LogP contribution in [0.2, 0.25) is 0 Å². The van der Waals surface area contributed by atoms with Gasteiger partial charge in [0.05, 0.1) is 0 Å². The molecule has 0 saturated heterocycles. The fourth-order valence-corrected chi connectivity index (χ4v) is 2.38. The Morgan fingerprint density at radius 2 is 2.06 bits per heavy atom. The van der Waals surface area contributed by atoms with Crippen LogP contribution in [0.25, 0.3) is 11.2 Å². The molecule has 2 aromatic heterocycles. The number of nitrogens with zero attached hydrogens (tertiary/aromatic N) is 3. The Kier molecular flexibility index (Phi) is 3.12. The van der Waals surface area contributed by atoms with Crippen molar-refractivity contribution in [1.29, 1.82) is 0 Å². The first-order valence-corrected chi connectivity index (χ1v) is 6.61. The molecule has 2 aromatic rings. The molecular formula is C12H17BrN4. The molecule has 0 aliphatic heterocycles. The van der Waals surface area contributed by atoms with Gasteiger partial charge in [0, 0.05) is 16.2 Å². The third-order valence-corrected chi connectivity index (χ3v) is 3.99. The number of halogens is 1. The van der Waals surface area contributed by atoms with E-state index in [0.29, 0.717) is 5.95 Å². The van der Waals surface area contributed by atoms with E-state index < -0.39 is 0 Å². The van der Waals surface area contributed by atoms with Gasteiger partial charge in [0.15, 0.2) is 5.65 Å². The van der Waals surface area contributed by atoms with E-state index in [4.69, 9.17) is 5.73 Å². The van der Waals surface area contributed by atoms with E-state index in [0.717, 1.165) is 28.5 Å². The van der Waals surface area contributed by atoms with Crippen LogP contribution >= 0.6 is 15.9 Å². The van der Waals surface area contributed by atoms with Crippen molar-refractivity contribution in [2.75, 3.05) is 5.73 Å². The first-order valence-electron chi connectivity index (χ1n) is 5.81. The van der Waals surface area contributed by atoms with Crippen molar-refractivity contribution < 1.29 is 0 Å². The molecule has 0 unspecified atom stereocenters. The minimum absolute atomic E-state index is 0.0281. The van der Waals surface area contributed by atoms with Crippen molar-refractivity contribution in [2.45, 2.75) is 39.2 Å². The second-order valence-corrected chi connectivity index (χ2v) is 5.42. The summed E-state index contributed by atoms with van der Waals surface area (Å²) >= 11 is 3.40. The maximum Gasteiger partial charge on any atom is 0.202 e. The Morgan fingerprint density at radius 1 is 1.41 bits per heavy atom. The van der Waals surface area contributed by atoms with Crippen molar-refractivity contribution in [3.63, 3.8) is 0 Å². The van der Waals surface area contributed by atoms with Gasteiger partial charge in [-0.15, -0.1) is 0 Å². The number of fused-ring (bicyclic) bond motifs is 1. The lowest BCUT2D eigenvalue weighted by molar-refractivity contribution is 0.305. The lowest BCUT2D eigenvalue weighted by Crippen LogP contribution is -2.29. The average molecular weight is 297 g/mol. The highest BCUT2D eigenvalue weighted by molar-refractivity contribution is 9.10. The molecule has 0 fully saturated rings. The van der Waals surface area contributed by atoms with Gasteiger partial charge in [-0.2, -0.15) is 0 Å². The smallest absolute Gasteiger partial charge is 0.202 e. The monoisotopic (exact) mass is 296 g/mol. The molecule has 0 saturated carbocycles. The topological polar surface area (TPSA) is 56.7 Å². The zero-order valence-electron chi connectivity index (χ0n) is 10.4. The van der Waals surface area contributed by atoms with Gasteiger partial charge in [-0.25, -0.2) is 9.97 Å². The van der Waals surface area contributed by atoms with Gasteiger partial charge >= 0.3 is 0 Å². The molecule has 0 aliphatic carbocycles. The fourth-order valence-electron chi connectivity index (χ4n) is 2.06. The number of pyridine rings is 1. The number of anilines is 1. The Morgan fingerprint density at radius 3 is 2.65 bits per heavy atom. The Balaban J connectivity index is 2.73. The van der Waals surface area contributed by atoms with Gasteiger partial charge in [0.2, 0.25) is 5.95 Å². The number of nitrogen functional groups attached to an aromatic ring is 1. The molecule has 2 rings (SSSR count). The first-order chi connectivity index (χ1) is 8.01. The number of rotatable bonds is 3. The van der Waals surface area contributed by atoms with E-state index in [1.165, 1.54) is 0 Å². The van der Waals surface area contributed by atoms with Crippen LogP contribution in [-0.4, -0.2) is 14.5 Å². The normalized spacial score (nSPS) is 12.2. The van der Waals surface area contributed by atoms with E-state index in [1.54, 1.807) is 6.20 Å². The summed E-state index contributed by atoms with van der Waals surface area (Å²) in [6.07, 6.45) is 3.78. The number of hydrogen-bond acceptors (Lipinski definition) is 3. The summed E-state index contributed by atoms with van der Waals surface area (Å²) in [6.45, 7) is 6.51.